The van der Waals surface area contributed by atoms with Crippen molar-refractivity contribution in [1.82, 2.24) is 0 Å². The molecule has 1 atom stereocenters. The molecule has 0 heterocycles. The van der Waals surface area contributed by atoms with Crippen LogP contribution in [-0.4, -0.2) is 18.8 Å². The van der Waals surface area contributed by atoms with Gasteiger partial charge in [-0.15, -0.1) is 0 Å². The van der Waals surface area contributed by atoms with Crippen LogP contribution in [0.2, 0.25) is 18.1 Å². The van der Waals surface area contributed by atoms with Crippen molar-refractivity contribution in [3.8, 4) is 0 Å². The van der Waals surface area contributed by atoms with E-state index in [-0.39, 0.29) is 5.41 Å². The van der Waals surface area contributed by atoms with Gasteiger partial charge in [0, 0.05) is 4.43 Å². The zero-order valence-electron chi connectivity index (χ0n) is 12.3. The van der Waals surface area contributed by atoms with Gasteiger partial charge in [0.15, 0.2) is 8.32 Å². The largest absolute Gasteiger partial charge is 0.413 e. The van der Waals surface area contributed by atoms with Crippen LogP contribution < -0.4 is 0 Å². The molecule has 0 aliphatic heterocycles. The summed E-state index contributed by atoms with van der Waals surface area (Å²) in [6.45, 7) is 18.5. The summed E-state index contributed by atoms with van der Waals surface area (Å²) in [6.07, 6.45) is 1.56. The van der Waals surface area contributed by atoms with E-state index >= 15 is 0 Å². The Morgan fingerprint density at radius 3 is 1.75 bits per heavy atom. The maximum absolute atomic E-state index is 6.54. The van der Waals surface area contributed by atoms with Crippen molar-refractivity contribution in [2.45, 2.75) is 72.2 Å². The summed E-state index contributed by atoms with van der Waals surface area (Å²) in [6, 6.07) is 0. The van der Waals surface area contributed by atoms with E-state index in [9.17, 15) is 0 Å². The molecule has 16 heavy (non-hydrogen) atoms. The highest BCUT2D eigenvalue weighted by Gasteiger charge is 2.41. The Hall–Kier alpha value is 0.907. The molecular weight excluding hydrogens is 327 g/mol. The minimum Gasteiger partial charge on any atom is -0.413 e. The third-order valence-corrected chi connectivity index (χ3v) is 8.69. The van der Waals surface area contributed by atoms with E-state index in [0.29, 0.717) is 11.1 Å². The smallest absolute Gasteiger partial charge is 0.192 e. The molecule has 0 radical (unpaired) electrons. The molecule has 0 fully saturated rings. The molecule has 0 saturated heterocycles. The molecule has 0 aromatic rings. The van der Waals surface area contributed by atoms with E-state index < -0.39 is 8.32 Å². The second-order valence-corrected chi connectivity index (χ2v) is 13.0. The molecule has 98 valence electrons. The van der Waals surface area contributed by atoms with Gasteiger partial charge < -0.3 is 4.43 Å². The third kappa shape index (κ3) is 5.04. The lowest BCUT2D eigenvalue weighted by molar-refractivity contribution is 0.0713. The van der Waals surface area contributed by atoms with Crippen molar-refractivity contribution < 1.29 is 4.43 Å². The Balaban J connectivity index is 4.76. The second kappa shape index (κ2) is 5.70. The highest BCUT2D eigenvalue weighted by atomic mass is 127. The zero-order chi connectivity index (χ0) is 13.2. The van der Waals surface area contributed by atoms with E-state index in [1.807, 2.05) is 0 Å². The van der Waals surface area contributed by atoms with Crippen LogP contribution in [0.15, 0.2) is 0 Å². The van der Waals surface area contributed by atoms with Gasteiger partial charge in [0.05, 0.1) is 6.10 Å². The molecule has 0 aromatic carbocycles. The number of hydrogen-bond donors (Lipinski definition) is 0. The predicted molar refractivity (Wildman–Crippen MR) is 85.0 cm³/mol. The van der Waals surface area contributed by atoms with Gasteiger partial charge in [0.25, 0.3) is 0 Å². The summed E-state index contributed by atoms with van der Waals surface area (Å²) in [4.78, 5) is 0. The lowest BCUT2D eigenvalue weighted by atomic mass is 9.88. The minimum atomic E-state index is -1.62. The lowest BCUT2D eigenvalue weighted by Crippen LogP contribution is -2.47. The molecule has 3 heteroatoms. The van der Waals surface area contributed by atoms with Gasteiger partial charge in [-0.3, -0.25) is 0 Å². The summed E-state index contributed by atoms with van der Waals surface area (Å²) in [5.41, 5.74) is 0.251. The van der Waals surface area contributed by atoms with Crippen LogP contribution in [0, 0.1) is 5.41 Å². The first-order chi connectivity index (χ1) is 6.92. The van der Waals surface area contributed by atoms with Gasteiger partial charge in [0.2, 0.25) is 0 Å². The Kier molecular flexibility index (Phi) is 6.02. The first-order valence-corrected chi connectivity index (χ1v) is 10.6. The van der Waals surface area contributed by atoms with Gasteiger partial charge in [-0.25, -0.2) is 0 Å². The molecule has 0 saturated carbocycles. The monoisotopic (exact) mass is 356 g/mol. The van der Waals surface area contributed by atoms with Gasteiger partial charge in [0.1, 0.15) is 0 Å². The molecule has 0 amide bonds. The molecule has 0 N–H and O–H groups in total. The molecule has 0 aliphatic rings. The van der Waals surface area contributed by atoms with E-state index in [2.05, 4.69) is 77.2 Å². The van der Waals surface area contributed by atoms with Crippen LogP contribution >= 0.6 is 22.6 Å². The third-order valence-electron chi connectivity index (χ3n) is 3.58. The quantitative estimate of drug-likeness (QED) is 0.380. The molecule has 1 unspecified atom stereocenters. The highest BCUT2D eigenvalue weighted by molar-refractivity contribution is 14.1. The van der Waals surface area contributed by atoms with Gasteiger partial charge >= 0.3 is 0 Å². The first-order valence-electron chi connectivity index (χ1n) is 6.15. The van der Waals surface area contributed by atoms with Crippen molar-refractivity contribution >= 4 is 30.9 Å². The molecule has 0 aromatic heterocycles. The topological polar surface area (TPSA) is 9.23 Å². The number of hydrogen-bond acceptors (Lipinski definition) is 1. The Morgan fingerprint density at radius 1 is 1.06 bits per heavy atom. The number of rotatable bonds is 4. The van der Waals surface area contributed by atoms with E-state index in [0.717, 1.165) is 6.42 Å². The van der Waals surface area contributed by atoms with Crippen molar-refractivity contribution in [2.75, 3.05) is 4.43 Å². The van der Waals surface area contributed by atoms with Crippen LogP contribution in [0.3, 0.4) is 0 Å². The molecule has 0 spiro atoms. The van der Waals surface area contributed by atoms with Crippen LogP contribution in [-0.2, 0) is 4.43 Å². The summed E-state index contributed by atoms with van der Waals surface area (Å²) < 4.78 is 7.72. The fourth-order valence-corrected chi connectivity index (χ4v) is 3.40. The van der Waals surface area contributed by atoms with Crippen LogP contribution in [0.1, 0.15) is 48.0 Å². The Labute approximate surface area is 117 Å². The number of alkyl halides is 1. The number of halogens is 1. The average Bonchev–Trinajstić information content (AvgIpc) is 1.99. The lowest BCUT2D eigenvalue weighted by Gasteiger charge is -2.43. The maximum atomic E-state index is 6.54. The van der Waals surface area contributed by atoms with Crippen molar-refractivity contribution in [1.29, 1.82) is 0 Å². The Morgan fingerprint density at radius 2 is 1.50 bits per heavy atom. The van der Waals surface area contributed by atoms with E-state index in [4.69, 9.17) is 4.43 Å². The van der Waals surface area contributed by atoms with Crippen molar-refractivity contribution in [3.05, 3.63) is 0 Å². The summed E-state index contributed by atoms with van der Waals surface area (Å²) in [7, 11) is -1.62. The molecule has 1 nitrogen and oxygen atoms in total. The SMILES string of the molecule is CC(C)(C)C(CCI)O[Si](C)(C)C(C)(C)C. The van der Waals surface area contributed by atoms with Gasteiger partial charge in [-0.1, -0.05) is 64.1 Å². The minimum absolute atomic E-state index is 0.251. The summed E-state index contributed by atoms with van der Waals surface area (Å²) in [5.74, 6) is 0. The Bertz CT molecular complexity index is 213. The fourth-order valence-electron chi connectivity index (χ4n) is 1.30. The van der Waals surface area contributed by atoms with Crippen LogP contribution in [0.5, 0.6) is 0 Å². The highest BCUT2D eigenvalue weighted by Crippen LogP contribution is 2.40. The maximum Gasteiger partial charge on any atom is 0.192 e. The van der Waals surface area contributed by atoms with Crippen LogP contribution in [0.4, 0.5) is 0 Å². The molecule has 0 bridgehead atoms. The molecule has 0 aliphatic carbocycles. The zero-order valence-corrected chi connectivity index (χ0v) is 15.4. The van der Waals surface area contributed by atoms with Crippen molar-refractivity contribution in [2.24, 2.45) is 5.41 Å². The molecule has 0 rings (SSSR count). The van der Waals surface area contributed by atoms with Crippen LogP contribution in [0.25, 0.3) is 0 Å². The van der Waals surface area contributed by atoms with Gasteiger partial charge in [-0.2, -0.15) is 0 Å². The second-order valence-electron chi connectivity index (χ2n) is 7.21. The average molecular weight is 356 g/mol. The first kappa shape index (κ1) is 16.9. The summed E-state index contributed by atoms with van der Waals surface area (Å²) >= 11 is 2.45. The standard InChI is InChI=1S/C13H29IOSi/c1-12(2,3)11(9-10-14)15-16(7,8)13(4,5)6/h11H,9-10H2,1-8H3. The summed E-state index contributed by atoms with van der Waals surface area (Å²) in [5, 5.41) is 0.307. The van der Waals surface area contributed by atoms with E-state index in [1.54, 1.807) is 0 Å². The fraction of sp³-hybridized carbons (Fsp3) is 1.00. The van der Waals surface area contributed by atoms with Gasteiger partial charge in [-0.05, 0) is 30.0 Å². The van der Waals surface area contributed by atoms with Crippen molar-refractivity contribution in [3.63, 3.8) is 0 Å². The normalized spacial score (nSPS) is 16.3. The predicted octanol–water partition coefficient (Wildman–Crippen LogP) is 5.25. The van der Waals surface area contributed by atoms with E-state index in [1.165, 1.54) is 4.43 Å². The molecular formula is C13H29IOSi.